The van der Waals surface area contributed by atoms with Crippen molar-refractivity contribution in [2.75, 3.05) is 12.0 Å². The summed E-state index contributed by atoms with van der Waals surface area (Å²) in [6.07, 6.45) is 0.487. The number of thioether (sulfide) groups is 1. The first-order chi connectivity index (χ1) is 15.3. The number of carbonyl (C=O) groups is 6. The molecule has 0 fully saturated rings. The van der Waals surface area contributed by atoms with Crippen molar-refractivity contribution in [2.24, 2.45) is 17.4 Å². The number of amides is 4. The van der Waals surface area contributed by atoms with Crippen LogP contribution in [0.5, 0.6) is 0 Å². The van der Waals surface area contributed by atoms with Gasteiger partial charge in [0.05, 0.1) is 12.5 Å². The van der Waals surface area contributed by atoms with E-state index in [2.05, 4.69) is 16.0 Å². The highest BCUT2D eigenvalue weighted by molar-refractivity contribution is 7.98. The molecule has 188 valence electrons. The molecule has 9 N–H and O–H groups in total. The lowest BCUT2D eigenvalue weighted by molar-refractivity contribution is -0.143. The van der Waals surface area contributed by atoms with E-state index >= 15 is 0 Å². The molecule has 0 aromatic carbocycles. The maximum absolute atomic E-state index is 12.8. The first-order valence-electron chi connectivity index (χ1n) is 10.2. The lowest BCUT2D eigenvalue weighted by atomic mass is 10.0. The van der Waals surface area contributed by atoms with E-state index in [4.69, 9.17) is 16.6 Å². The van der Waals surface area contributed by atoms with Crippen LogP contribution in [0.2, 0.25) is 0 Å². The number of carboxylic acids is 2. The molecule has 0 saturated heterocycles. The van der Waals surface area contributed by atoms with E-state index in [9.17, 15) is 33.9 Å². The molecular weight excluding hydrogens is 458 g/mol. The second kappa shape index (κ2) is 15.1. The molecule has 0 spiro atoms. The second-order valence-corrected chi connectivity index (χ2v) is 8.66. The van der Waals surface area contributed by atoms with Crippen molar-refractivity contribution in [3.05, 3.63) is 0 Å². The summed E-state index contributed by atoms with van der Waals surface area (Å²) >= 11 is 1.41. The van der Waals surface area contributed by atoms with Crippen molar-refractivity contribution >= 4 is 47.3 Å². The Bertz CT molecular complexity index is 733. The highest BCUT2D eigenvalue weighted by Gasteiger charge is 2.31. The molecule has 14 heteroatoms. The number of carboxylic acid groups (broad SMARTS) is 2. The largest absolute Gasteiger partial charge is 0.481 e. The minimum atomic E-state index is -1.63. The molecule has 0 rings (SSSR count). The number of primary amides is 1. The molecule has 13 nitrogen and oxygen atoms in total. The second-order valence-electron chi connectivity index (χ2n) is 7.68. The summed E-state index contributed by atoms with van der Waals surface area (Å²) in [6.45, 7) is 3.46. The zero-order valence-electron chi connectivity index (χ0n) is 18.8. The van der Waals surface area contributed by atoms with Crippen LogP contribution in [0.1, 0.15) is 39.5 Å². The minimum absolute atomic E-state index is 0.182. The number of aliphatic carboxylic acids is 2. The molecule has 0 aromatic heterocycles. The fourth-order valence-electron chi connectivity index (χ4n) is 2.55. The van der Waals surface area contributed by atoms with E-state index in [1.54, 1.807) is 20.1 Å². The maximum atomic E-state index is 12.8. The Morgan fingerprint density at radius 1 is 0.848 bits per heavy atom. The lowest BCUT2D eigenvalue weighted by Gasteiger charge is -2.25. The van der Waals surface area contributed by atoms with Gasteiger partial charge in [0.25, 0.3) is 0 Å². The summed E-state index contributed by atoms with van der Waals surface area (Å²) in [5.74, 6) is -5.87. The molecule has 4 amide bonds. The van der Waals surface area contributed by atoms with Crippen LogP contribution in [-0.2, 0) is 28.8 Å². The highest BCUT2D eigenvalue weighted by Crippen LogP contribution is 2.06. The Balaban J connectivity index is 5.49. The number of rotatable bonds is 16. The van der Waals surface area contributed by atoms with Gasteiger partial charge in [-0.25, -0.2) is 4.79 Å². The third-order valence-corrected chi connectivity index (χ3v) is 5.21. The van der Waals surface area contributed by atoms with Crippen LogP contribution >= 0.6 is 11.8 Å². The van der Waals surface area contributed by atoms with E-state index in [1.165, 1.54) is 11.8 Å². The highest BCUT2D eigenvalue weighted by atomic mass is 32.2. The molecule has 0 aliphatic rings. The molecule has 0 aliphatic heterocycles. The van der Waals surface area contributed by atoms with Gasteiger partial charge in [-0.05, 0) is 30.8 Å². The van der Waals surface area contributed by atoms with Gasteiger partial charge in [-0.1, -0.05) is 13.8 Å². The molecule has 0 bridgehead atoms. The normalized spacial score (nSPS) is 14.5. The first kappa shape index (κ1) is 30.1. The zero-order valence-corrected chi connectivity index (χ0v) is 19.6. The summed E-state index contributed by atoms with van der Waals surface area (Å²) < 4.78 is 0. The van der Waals surface area contributed by atoms with Gasteiger partial charge in [0.1, 0.15) is 18.1 Å². The van der Waals surface area contributed by atoms with E-state index in [0.717, 1.165) is 0 Å². The monoisotopic (exact) mass is 491 g/mol. The fraction of sp³-hybridized carbons (Fsp3) is 0.684. The molecule has 0 saturated carbocycles. The predicted molar refractivity (Wildman–Crippen MR) is 120 cm³/mol. The van der Waals surface area contributed by atoms with Crippen LogP contribution in [0.25, 0.3) is 0 Å². The van der Waals surface area contributed by atoms with Crippen LogP contribution in [-0.4, -0.2) is 82.0 Å². The predicted octanol–water partition coefficient (Wildman–Crippen LogP) is -2.00. The van der Waals surface area contributed by atoms with E-state index in [1.807, 2.05) is 0 Å². The number of nitrogens with two attached hydrogens (primary N) is 2. The van der Waals surface area contributed by atoms with E-state index in [-0.39, 0.29) is 25.2 Å². The van der Waals surface area contributed by atoms with Crippen molar-refractivity contribution in [3.8, 4) is 0 Å². The molecule has 0 heterocycles. The number of hydrogen-bond acceptors (Lipinski definition) is 8. The molecule has 4 atom stereocenters. The zero-order chi connectivity index (χ0) is 25.7. The SMILES string of the molecule is CSCCC(NC(=O)C(N)C(C)C)C(=O)NC(CC(=O)O)C(=O)NC(CCC(N)=O)C(=O)O. The van der Waals surface area contributed by atoms with Crippen LogP contribution < -0.4 is 27.4 Å². The van der Waals surface area contributed by atoms with Crippen LogP contribution in [0.3, 0.4) is 0 Å². The van der Waals surface area contributed by atoms with Crippen LogP contribution in [0, 0.1) is 5.92 Å². The van der Waals surface area contributed by atoms with Gasteiger partial charge < -0.3 is 37.6 Å². The number of carbonyl (C=O) groups excluding carboxylic acids is 4. The summed E-state index contributed by atoms with van der Waals surface area (Å²) in [4.78, 5) is 71.1. The Hall–Kier alpha value is -2.87. The Kier molecular flexibility index (Phi) is 13.7. The summed E-state index contributed by atoms with van der Waals surface area (Å²) in [7, 11) is 0. The number of hydrogen-bond donors (Lipinski definition) is 7. The fourth-order valence-corrected chi connectivity index (χ4v) is 3.02. The van der Waals surface area contributed by atoms with Crippen molar-refractivity contribution in [3.63, 3.8) is 0 Å². The standard InChI is InChI=1S/C19H33N5O8S/c1-9(2)15(21)18(30)22-10(6-7-33-3)16(28)24-12(8-14(26)27)17(29)23-11(19(31)32)4-5-13(20)25/h9-12,15H,4-8,21H2,1-3H3,(H2,20,25)(H,22,30)(H,23,29)(H,24,28)(H,26,27)(H,31,32). The summed E-state index contributed by atoms with van der Waals surface area (Å²) in [5, 5.41) is 25.2. The minimum Gasteiger partial charge on any atom is -0.481 e. The Morgan fingerprint density at radius 2 is 1.36 bits per heavy atom. The third kappa shape index (κ3) is 12.1. The van der Waals surface area contributed by atoms with Crippen molar-refractivity contribution < 1.29 is 39.0 Å². The summed E-state index contributed by atoms with van der Waals surface area (Å²) in [5.41, 5.74) is 10.8. The molecule has 0 aromatic rings. The van der Waals surface area contributed by atoms with Crippen LogP contribution in [0.15, 0.2) is 0 Å². The van der Waals surface area contributed by atoms with Crippen molar-refractivity contribution in [1.29, 1.82) is 0 Å². The van der Waals surface area contributed by atoms with Gasteiger partial charge in [0.2, 0.25) is 23.6 Å². The van der Waals surface area contributed by atoms with E-state index < -0.39 is 66.2 Å². The lowest BCUT2D eigenvalue weighted by Crippen LogP contribution is -2.58. The average molecular weight is 492 g/mol. The van der Waals surface area contributed by atoms with Crippen LogP contribution in [0.4, 0.5) is 0 Å². The van der Waals surface area contributed by atoms with Crippen molar-refractivity contribution in [2.45, 2.75) is 63.7 Å². The molecule has 33 heavy (non-hydrogen) atoms. The van der Waals surface area contributed by atoms with Gasteiger partial charge in [-0.2, -0.15) is 11.8 Å². The maximum Gasteiger partial charge on any atom is 0.326 e. The topological polar surface area (TPSA) is 231 Å². The third-order valence-electron chi connectivity index (χ3n) is 4.57. The van der Waals surface area contributed by atoms with Gasteiger partial charge in [0.15, 0.2) is 0 Å². The van der Waals surface area contributed by atoms with Gasteiger partial charge in [-0.3, -0.25) is 24.0 Å². The molecular formula is C19H33N5O8S. The molecule has 0 aliphatic carbocycles. The van der Waals surface area contributed by atoms with E-state index in [0.29, 0.717) is 5.75 Å². The van der Waals surface area contributed by atoms with Gasteiger partial charge in [-0.15, -0.1) is 0 Å². The Morgan fingerprint density at radius 3 is 1.82 bits per heavy atom. The smallest absolute Gasteiger partial charge is 0.326 e. The average Bonchev–Trinajstić information content (AvgIpc) is 2.71. The summed E-state index contributed by atoms with van der Waals surface area (Å²) in [6, 6.07) is -5.12. The Labute approximate surface area is 195 Å². The first-order valence-corrected chi connectivity index (χ1v) is 11.6. The van der Waals surface area contributed by atoms with Gasteiger partial charge in [0, 0.05) is 6.42 Å². The number of nitrogens with one attached hydrogen (secondary N) is 3. The quantitative estimate of drug-likeness (QED) is 0.125. The van der Waals surface area contributed by atoms with Crippen molar-refractivity contribution in [1.82, 2.24) is 16.0 Å². The molecule has 0 radical (unpaired) electrons. The van der Waals surface area contributed by atoms with Gasteiger partial charge >= 0.3 is 11.9 Å². The molecule has 4 unspecified atom stereocenters.